The molecule has 0 aliphatic carbocycles. The zero-order valence-corrected chi connectivity index (χ0v) is 13.5. The van der Waals surface area contributed by atoms with Gasteiger partial charge < -0.3 is 10.2 Å². The largest absolute Gasteiger partial charge is 0.330 e. The van der Waals surface area contributed by atoms with Crippen LogP contribution >= 0.6 is 11.3 Å². The van der Waals surface area contributed by atoms with Gasteiger partial charge in [-0.3, -0.25) is 4.79 Å². The number of nitrogens with zero attached hydrogens (tertiary/aromatic N) is 2. The van der Waals surface area contributed by atoms with E-state index in [4.69, 9.17) is 0 Å². The molecule has 2 bridgehead atoms. The van der Waals surface area contributed by atoms with Crippen LogP contribution in [-0.4, -0.2) is 41.0 Å². The molecule has 2 fully saturated rings. The van der Waals surface area contributed by atoms with Crippen molar-refractivity contribution in [3.63, 3.8) is 0 Å². The van der Waals surface area contributed by atoms with Gasteiger partial charge in [0.2, 0.25) is 0 Å². The topological polar surface area (TPSA) is 45.2 Å². The SMILES string of the molecule is O=C(c1csc(-c2ccccc2F)n1)N1C2CCNCC1CC2. The second-order valence-corrected chi connectivity index (χ2v) is 6.97. The number of rotatable bonds is 2. The first-order valence-electron chi connectivity index (χ1n) is 7.98. The summed E-state index contributed by atoms with van der Waals surface area (Å²) in [6.45, 7) is 1.81. The van der Waals surface area contributed by atoms with Crippen molar-refractivity contribution in [2.75, 3.05) is 13.1 Å². The third-order valence-corrected chi connectivity index (χ3v) is 5.59. The maximum Gasteiger partial charge on any atom is 0.273 e. The molecule has 1 N–H and O–H groups in total. The minimum absolute atomic E-state index is 0.0139. The van der Waals surface area contributed by atoms with E-state index in [-0.39, 0.29) is 17.8 Å². The van der Waals surface area contributed by atoms with Crippen LogP contribution in [0.5, 0.6) is 0 Å². The van der Waals surface area contributed by atoms with Crippen molar-refractivity contribution in [1.82, 2.24) is 15.2 Å². The Kier molecular flexibility index (Phi) is 3.87. The third kappa shape index (κ3) is 2.66. The van der Waals surface area contributed by atoms with Crippen LogP contribution in [0.3, 0.4) is 0 Å². The summed E-state index contributed by atoms with van der Waals surface area (Å²) in [5, 5.41) is 5.71. The minimum atomic E-state index is -0.306. The zero-order valence-electron chi connectivity index (χ0n) is 12.7. The molecule has 2 aliphatic rings. The lowest BCUT2D eigenvalue weighted by molar-refractivity contribution is 0.0675. The number of fused-ring (bicyclic) bond motifs is 2. The predicted molar refractivity (Wildman–Crippen MR) is 88.0 cm³/mol. The van der Waals surface area contributed by atoms with E-state index in [9.17, 15) is 9.18 Å². The van der Waals surface area contributed by atoms with Crippen molar-refractivity contribution in [2.24, 2.45) is 0 Å². The Hall–Kier alpha value is -1.79. The highest BCUT2D eigenvalue weighted by Gasteiger charge is 2.39. The highest BCUT2D eigenvalue weighted by atomic mass is 32.1. The Morgan fingerprint density at radius 3 is 2.96 bits per heavy atom. The Bertz CT molecular complexity index is 718. The van der Waals surface area contributed by atoms with E-state index in [1.807, 2.05) is 4.90 Å². The van der Waals surface area contributed by atoms with Gasteiger partial charge in [0, 0.05) is 29.6 Å². The van der Waals surface area contributed by atoms with Gasteiger partial charge in [-0.2, -0.15) is 0 Å². The summed E-state index contributed by atoms with van der Waals surface area (Å²) in [5.74, 6) is -0.320. The van der Waals surface area contributed by atoms with Crippen LogP contribution in [0.2, 0.25) is 0 Å². The fourth-order valence-electron chi connectivity index (χ4n) is 3.58. The highest BCUT2D eigenvalue weighted by molar-refractivity contribution is 7.13. The van der Waals surface area contributed by atoms with Crippen molar-refractivity contribution >= 4 is 17.2 Å². The van der Waals surface area contributed by atoms with E-state index in [0.717, 1.165) is 32.4 Å². The first-order chi connectivity index (χ1) is 11.2. The van der Waals surface area contributed by atoms with Crippen LogP contribution in [0.25, 0.3) is 10.6 Å². The van der Waals surface area contributed by atoms with Crippen LogP contribution in [0.15, 0.2) is 29.6 Å². The van der Waals surface area contributed by atoms with E-state index < -0.39 is 0 Å². The van der Waals surface area contributed by atoms with Crippen molar-refractivity contribution in [3.8, 4) is 10.6 Å². The molecule has 1 aromatic carbocycles. The maximum atomic E-state index is 13.9. The zero-order chi connectivity index (χ0) is 15.8. The van der Waals surface area contributed by atoms with Crippen LogP contribution in [0.1, 0.15) is 29.8 Å². The lowest BCUT2D eigenvalue weighted by Crippen LogP contribution is -2.42. The number of amides is 1. The molecule has 2 saturated heterocycles. The van der Waals surface area contributed by atoms with Gasteiger partial charge in [-0.05, 0) is 37.9 Å². The summed E-state index contributed by atoms with van der Waals surface area (Å²) in [5.41, 5.74) is 0.893. The highest BCUT2D eigenvalue weighted by Crippen LogP contribution is 2.31. The number of halogens is 1. The Morgan fingerprint density at radius 1 is 1.26 bits per heavy atom. The van der Waals surface area contributed by atoms with Gasteiger partial charge in [0.05, 0.1) is 0 Å². The van der Waals surface area contributed by atoms with Gasteiger partial charge in [0.15, 0.2) is 0 Å². The van der Waals surface area contributed by atoms with Crippen LogP contribution in [-0.2, 0) is 0 Å². The standard InChI is InChI=1S/C17H18FN3OS/c18-14-4-2-1-3-13(14)16-20-15(10-23-16)17(22)21-11-5-6-12(21)9-19-8-7-11/h1-4,10-12,19H,5-9H2. The molecular weight excluding hydrogens is 313 g/mol. The van der Waals surface area contributed by atoms with E-state index >= 15 is 0 Å². The molecule has 3 heterocycles. The first-order valence-corrected chi connectivity index (χ1v) is 8.86. The summed E-state index contributed by atoms with van der Waals surface area (Å²) >= 11 is 1.32. The van der Waals surface area contributed by atoms with Gasteiger partial charge in [-0.25, -0.2) is 9.37 Å². The Labute approximate surface area is 138 Å². The Morgan fingerprint density at radius 2 is 2.09 bits per heavy atom. The molecule has 1 amide bonds. The first kappa shape index (κ1) is 14.8. The third-order valence-electron chi connectivity index (χ3n) is 4.72. The molecule has 0 radical (unpaired) electrons. The van der Waals surface area contributed by atoms with Crippen molar-refractivity contribution in [2.45, 2.75) is 31.3 Å². The maximum absolute atomic E-state index is 13.9. The molecule has 2 aromatic rings. The van der Waals surface area contributed by atoms with Crippen LogP contribution in [0.4, 0.5) is 4.39 Å². The molecule has 1 aromatic heterocycles. The molecule has 2 unspecified atom stereocenters. The van der Waals surface area contributed by atoms with Gasteiger partial charge in [0.25, 0.3) is 5.91 Å². The molecule has 2 atom stereocenters. The lowest BCUT2D eigenvalue weighted by Gasteiger charge is -2.27. The predicted octanol–water partition coefficient (Wildman–Crippen LogP) is 2.92. The molecule has 2 aliphatic heterocycles. The lowest BCUT2D eigenvalue weighted by atomic mass is 10.1. The summed E-state index contributed by atoms with van der Waals surface area (Å²) < 4.78 is 13.9. The van der Waals surface area contributed by atoms with E-state index in [2.05, 4.69) is 10.3 Å². The van der Waals surface area contributed by atoms with E-state index in [1.165, 1.54) is 17.4 Å². The summed E-state index contributed by atoms with van der Waals surface area (Å²) in [7, 11) is 0. The quantitative estimate of drug-likeness (QED) is 0.920. The molecule has 6 heteroatoms. The van der Waals surface area contributed by atoms with Crippen molar-refractivity contribution in [1.29, 1.82) is 0 Å². The molecule has 23 heavy (non-hydrogen) atoms. The monoisotopic (exact) mass is 331 g/mol. The number of benzene rings is 1. The summed E-state index contributed by atoms with van der Waals surface area (Å²) in [6.07, 6.45) is 3.11. The van der Waals surface area contributed by atoms with Gasteiger partial charge in [-0.1, -0.05) is 12.1 Å². The number of aromatic nitrogens is 1. The average molecular weight is 331 g/mol. The number of hydrogen-bond acceptors (Lipinski definition) is 4. The van der Waals surface area contributed by atoms with Crippen LogP contribution in [0, 0.1) is 5.82 Å². The smallest absolute Gasteiger partial charge is 0.273 e. The van der Waals surface area contributed by atoms with Crippen molar-refractivity contribution in [3.05, 3.63) is 41.2 Å². The number of hydrogen-bond donors (Lipinski definition) is 1. The summed E-state index contributed by atoms with van der Waals surface area (Å²) in [4.78, 5) is 19.3. The summed E-state index contributed by atoms with van der Waals surface area (Å²) in [6, 6.07) is 7.11. The number of carbonyl (C=O) groups is 1. The fourth-order valence-corrected chi connectivity index (χ4v) is 4.40. The second-order valence-electron chi connectivity index (χ2n) is 6.11. The normalized spacial score (nSPS) is 23.8. The van der Waals surface area contributed by atoms with Crippen LogP contribution < -0.4 is 5.32 Å². The second kappa shape index (κ2) is 6.02. The Balaban J connectivity index is 1.62. The fraction of sp³-hybridized carbons (Fsp3) is 0.412. The molecular formula is C17H18FN3OS. The van der Waals surface area contributed by atoms with Gasteiger partial charge in [-0.15, -0.1) is 11.3 Å². The molecule has 4 rings (SSSR count). The number of thiazole rings is 1. The number of nitrogens with one attached hydrogen (secondary N) is 1. The van der Waals surface area contributed by atoms with Crippen molar-refractivity contribution < 1.29 is 9.18 Å². The molecule has 0 saturated carbocycles. The van der Waals surface area contributed by atoms with Gasteiger partial charge in [0.1, 0.15) is 16.5 Å². The minimum Gasteiger partial charge on any atom is -0.330 e. The molecule has 0 spiro atoms. The number of carbonyl (C=O) groups excluding carboxylic acids is 1. The van der Waals surface area contributed by atoms with E-state index in [0.29, 0.717) is 22.3 Å². The van der Waals surface area contributed by atoms with E-state index in [1.54, 1.807) is 23.6 Å². The van der Waals surface area contributed by atoms with Gasteiger partial charge >= 0.3 is 0 Å². The molecule has 120 valence electrons. The average Bonchev–Trinajstić information content (AvgIpc) is 3.11. The molecule has 4 nitrogen and oxygen atoms in total.